The van der Waals surface area contributed by atoms with Gasteiger partial charge in [-0.15, -0.1) is 0 Å². The van der Waals surface area contributed by atoms with Gasteiger partial charge >= 0.3 is 0 Å². The molecule has 0 atom stereocenters. The lowest BCUT2D eigenvalue weighted by molar-refractivity contribution is 0.173. The molecule has 0 saturated carbocycles. The average Bonchev–Trinajstić information content (AvgIpc) is 2.32. The first-order valence-electron chi connectivity index (χ1n) is 3.87. The monoisotopic (exact) mass is 232 g/mol. The lowest BCUT2D eigenvalue weighted by Crippen LogP contribution is -2.05. The summed E-state index contributed by atoms with van der Waals surface area (Å²) in [4.78, 5) is 4.28. The van der Waals surface area contributed by atoms with Crippen molar-refractivity contribution in [3.05, 3.63) is 16.6 Å². The van der Waals surface area contributed by atoms with Crippen molar-refractivity contribution in [2.45, 2.75) is 26.5 Å². The first-order valence-corrected chi connectivity index (χ1v) is 4.66. The average molecular weight is 233 g/mol. The lowest BCUT2D eigenvalue weighted by Gasteiger charge is -2.09. The third-order valence-electron chi connectivity index (χ3n) is 1.61. The summed E-state index contributed by atoms with van der Waals surface area (Å²) in [6.07, 6.45) is 1.97. The van der Waals surface area contributed by atoms with E-state index < -0.39 is 0 Å². The van der Waals surface area contributed by atoms with Crippen LogP contribution >= 0.6 is 15.9 Å². The first kappa shape index (κ1) is 9.74. The van der Waals surface area contributed by atoms with E-state index in [0.717, 1.165) is 10.4 Å². The second-order valence-electron chi connectivity index (χ2n) is 2.91. The molecule has 4 heteroatoms. The van der Waals surface area contributed by atoms with E-state index in [2.05, 4.69) is 39.3 Å². The maximum Gasteiger partial charge on any atom is 0.136 e. The molecule has 0 fully saturated rings. The van der Waals surface area contributed by atoms with E-state index in [9.17, 15) is 0 Å². The summed E-state index contributed by atoms with van der Waals surface area (Å²) in [6, 6.07) is 0.425. The highest BCUT2D eigenvalue weighted by atomic mass is 79.9. The minimum absolute atomic E-state index is 0.425. The molecular weight excluding hydrogens is 220 g/mol. The van der Waals surface area contributed by atoms with Crippen LogP contribution in [0.2, 0.25) is 0 Å². The van der Waals surface area contributed by atoms with Crippen molar-refractivity contribution < 1.29 is 4.74 Å². The fraction of sp³-hybridized carbons (Fsp3) is 0.625. The molecule has 0 spiro atoms. The van der Waals surface area contributed by atoms with Crippen molar-refractivity contribution in [3.8, 4) is 0 Å². The molecule has 0 aliphatic rings. The summed E-state index contributed by atoms with van der Waals surface area (Å²) >= 11 is 3.33. The normalized spacial score (nSPS) is 11.1. The number of halogens is 1. The van der Waals surface area contributed by atoms with E-state index in [1.807, 2.05) is 6.20 Å². The second-order valence-corrected chi connectivity index (χ2v) is 3.73. The van der Waals surface area contributed by atoms with Gasteiger partial charge in [0.25, 0.3) is 0 Å². The Labute approximate surface area is 80.9 Å². The Bertz CT molecular complexity index is 258. The molecule has 0 amide bonds. The molecule has 0 aromatic carbocycles. The van der Waals surface area contributed by atoms with Crippen LogP contribution in [0.5, 0.6) is 0 Å². The fourth-order valence-corrected chi connectivity index (χ4v) is 1.51. The number of hydrogen-bond acceptors (Lipinski definition) is 2. The highest BCUT2D eigenvalue weighted by Crippen LogP contribution is 2.15. The van der Waals surface area contributed by atoms with Crippen LogP contribution in [0.25, 0.3) is 0 Å². The summed E-state index contributed by atoms with van der Waals surface area (Å²) < 4.78 is 7.98. The Morgan fingerprint density at radius 1 is 1.67 bits per heavy atom. The van der Waals surface area contributed by atoms with Crippen LogP contribution < -0.4 is 0 Å². The predicted octanol–water partition coefficient (Wildman–Crippen LogP) is 2.37. The van der Waals surface area contributed by atoms with Gasteiger partial charge in [-0.05, 0) is 29.8 Å². The van der Waals surface area contributed by atoms with Gasteiger partial charge in [-0.25, -0.2) is 4.98 Å². The third kappa shape index (κ3) is 2.08. The lowest BCUT2D eigenvalue weighted by atomic mass is 10.4. The molecule has 1 aromatic heterocycles. The van der Waals surface area contributed by atoms with E-state index in [0.29, 0.717) is 12.6 Å². The summed E-state index contributed by atoms with van der Waals surface area (Å²) in [5.41, 5.74) is 0. The number of nitrogens with zero attached hydrogens (tertiary/aromatic N) is 2. The van der Waals surface area contributed by atoms with Crippen molar-refractivity contribution >= 4 is 15.9 Å². The van der Waals surface area contributed by atoms with E-state index in [1.165, 1.54) is 0 Å². The topological polar surface area (TPSA) is 27.1 Å². The van der Waals surface area contributed by atoms with Crippen molar-refractivity contribution in [1.82, 2.24) is 9.55 Å². The zero-order valence-electron chi connectivity index (χ0n) is 7.54. The van der Waals surface area contributed by atoms with Gasteiger partial charge in [0.05, 0.1) is 0 Å². The number of methoxy groups -OCH3 is 1. The molecule has 0 aliphatic carbocycles. The summed E-state index contributed by atoms with van der Waals surface area (Å²) in [7, 11) is 1.67. The van der Waals surface area contributed by atoms with Gasteiger partial charge in [0.2, 0.25) is 0 Å². The van der Waals surface area contributed by atoms with Crippen molar-refractivity contribution in [3.63, 3.8) is 0 Å². The highest BCUT2D eigenvalue weighted by molar-refractivity contribution is 9.10. The molecular formula is C8H13BrN2O. The molecule has 68 valence electrons. The van der Waals surface area contributed by atoms with Crippen LogP contribution in [0.3, 0.4) is 0 Å². The van der Waals surface area contributed by atoms with Crippen LogP contribution in [0.15, 0.2) is 10.8 Å². The maximum atomic E-state index is 5.03. The molecule has 0 unspecified atom stereocenters. The van der Waals surface area contributed by atoms with Gasteiger partial charge < -0.3 is 9.30 Å². The fourth-order valence-electron chi connectivity index (χ4n) is 1.08. The zero-order valence-corrected chi connectivity index (χ0v) is 9.13. The number of imidazole rings is 1. The third-order valence-corrected chi connectivity index (χ3v) is 1.99. The number of rotatable bonds is 3. The van der Waals surface area contributed by atoms with Crippen LogP contribution in [0.4, 0.5) is 0 Å². The Balaban J connectivity index is 2.92. The van der Waals surface area contributed by atoms with Crippen LogP contribution in [0.1, 0.15) is 25.7 Å². The molecule has 12 heavy (non-hydrogen) atoms. The molecule has 0 bridgehead atoms. The number of hydrogen-bond donors (Lipinski definition) is 0. The standard InChI is InChI=1S/C8H13BrN2O/c1-6(2)11-4-7(9)10-8(11)5-12-3/h4,6H,5H2,1-3H3. The maximum absolute atomic E-state index is 5.03. The van der Waals surface area contributed by atoms with E-state index in [4.69, 9.17) is 4.74 Å². The first-order chi connectivity index (χ1) is 5.65. The van der Waals surface area contributed by atoms with E-state index >= 15 is 0 Å². The number of aromatic nitrogens is 2. The molecule has 0 saturated heterocycles. The quantitative estimate of drug-likeness (QED) is 0.801. The van der Waals surface area contributed by atoms with E-state index in [-0.39, 0.29) is 0 Å². The molecule has 1 aromatic rings. The summed E-state index contributed by atoms with van der Waals surface area (Å²) in [5.74, 6) is 0.958. The Morgan fingerprint density at radius 3 is 2.83 bits per heavy atom. The summed E-state index contributed by atoms with van der Waals surface area (Å²) in [6.45, 7) is 4.80. The largest absolute Gasteiger partial charge is 0.377 e. The molecule has 3 nitrogen and oxygen atoms in total. The molecule has 0 radical (unpaired) electrons. The van der Waals surface area contributed by atoms with Crippen molar-refractivity contribution in [1.29, 1.82) is 0 Å². The minimum Gasteiger partial charge on any atom is -0.377 e. The van der Waals surface area contributed by atoms with Crippen LogP contribution in [-0.4, -0.2) is 16.7 Å². The Kier molecular flexibility index (Phi) is 3.29. The highest BCUT2D eigenvalue weighted by Gasteiger charge is 2.07. The van der Waals surface area contributed by atoms with Crippen LogP contribution in [-0.2, 0) is 11.3 Å². The van der Waals surface area contributed by atoms with Gasteiger partial charge in [-0.2, -0.15) is 0 Å². The predicted molar refractivity (Wildman–Crippen MR) is 51.0 cm³/mol. The number of ether oxygens (including phenoxy) is 1. The zero-order chi connectivity index (χ0) is 9.14. The second kappa shape index (κ2) is 4.05. The summed E-state index contributed by atoms with van der Waals surface area (Å²) in [5, 5.41) is 0. The minimum atomic E-state index is 0.425. The Morgan fingerprint density at radius 2 is 2.33 bits per heavy atom. The van der Waals surface area contributed by atoms with Crippen molar-refractivity contribution in [2.24, 2.45) is 0 Å². The molecule has 0 aliphatic heterocycles. The molecule has 1 heterocycles. The van der Waals surface area contributed by atoms with Gasteiger partial charge in [-0.3, -0.25) is 0 Å². The SMILES string of the molecule is COCc1nc(Br)cn1C(C)C. The van der Waals surface area contributed by atoms with Gasteiger partial charge in [0.1, 0.15) is 17.0 Å². The van der Waals surface area contributed by atoms with Gasteiger partial charge in [-0.1, -0.05) is 0 Å². The molecule has 0 N–H and O–H groups in total. The van der Waals surface area contributed by atoms with Crippen LogP contribution in [0, 0.1) is 0 Å². The van der Waals surface area contributed by atoms with Gasteiger partial charge in [0.15, 0.2) is 0 Å². The molecule has 1 rings (SSSR count). The van der Waals surface area contributed by atoms with Gasteiger partial charge in [0, 0.05) is 19.3 Å². The smallest absolute Gasteiger partial charge is 0.136 e. The van der Waals surface area contributed by atoms with E-state index in [1.54, 1.807) is 7.11 Å². The Hall–Kier alpha value is -0.350. The van der Waals surface area contributed by atoms with Crippen molar-refractivity contribution in [2.75, 3.05) is 7.11 Å².